The zero-order valence-electron chi connectivity index (χ0n) is 15.1. The highest BCUT2D eigenvalue weighted by Gasteiger charge is 2.18. The molecule has 0 aliphatic rings. The predicted molar refractivity (Wildman–Crippen MR) is 97.7 cm³/mol. The maximum Gasteiger partial charge on any atom is 0.258 e. The molecule has 3 aromatic rings. The summed E-state index contributed by atoms with van der Waals surface area (Å²) in [7, 11) is 3.45. The van der Waals surface area contributed by atoms with Crippen LogP contribution in [0.5, 0.6) is 5.75 Å². The minimum Gasteiger partial charge on any atom is -0.497 e. The highest BCUT2D eigenvalue weighted by atomic mass is 16.5. The van der Waals surface area contributed by atoms with E-state index in [4.69, 9.17) is 4.74 Å². The first-order valence-corrected chi connectivity index (χ1v) is 8.06. The topological polar surface area (TPSA) is 61.1 Å². The predicted octanol–water partition coefficient (Wildman–Crippen LogP) is 3.40. The molecular weight excluding hydrogens is 316 g/mol. The fourth-order valence-corrected chi connectivity index (χ4v) is 3.03. The lowest BCUT2D eigenvalue weighted by Gasteiger charge is -2.11. The van der Waals surface area contributed by atoms with Crippen molar-refractivity contribution in [3.8, 4) is 11.4 Å². The summed E-state index contributed by atoms with van der Waals surface area (Å²) in [5, 5.41) is 7.18. The number of hydrogen-bond donors (Lipinski definition) is 1. The number of aryl methyl sites for hydroxylation is 3. The van der Waals surface area contributed by atoms with Crippen molar-refractivity contribution in [2.75, 3.05) is 12.4 Å². The summed E-state index contributed by atoms with van der Waals surface area (Å²) in [6.45, 7) is 5.83. The average Bonchev–Trinajstić information content (AvgIpc) is 3.06. The van der Waals surface area contributed by atoms with Crippen LogP contribution in [0.3, 0.4) is 0 Å². The fraction of sp³-hybridized carbons (Fsp3) is 0.263. The molecule has 0 bridgehead atoms. The van der Waals surface area contributed by atoms with Crippen molar-refractivity contribution in [2.24, 2.45) is 7.05 Å². The highest BCUT2D eigenvalue weighted by molar-refractivity contribution is 6.05. The van der Waals surface area contributed by atoms with Crippen LogP contribution in [0.2, 0.25) is 0 Å². The van der Waals surface area contributed by atoms with Crippen molar-refractivity contribution < 1.29 is 9.53 Å². The molecule has 0 aliphatic carbocycles. The number of anilines is 1. The number of methoxy groups -OCH3 is 1. The highest BCUT2D eigenvalue weighted by Crippen LogP contribution is 2.23. The fourth-order valence-electron chi connectivity index (χ4n) is 3.03. The molecule has 0 saturated heterocycles. The molecule has 1 amide bonds. The second kappa shape index (κ2) is 6.47. The Morgan fingerprint density at radius 1 is 1.12 bits per heavy atom. The molecule has 0 unspecified atom stereocenters. The first-order valence-electron chi connectivity index (χ1n) is 8.06. The van der Waals surface area contributed by atoms with Crippen LogP contribution < -0.4 is 10.1 Å². The van der Waals surface area contributed by atoms with Crippen molar-refractivity contribution in [1.82, 2.24) is 14.3 Å². The molecule has 2 heterocycles. The standard InChI is InChI=1S/C19H22N4O2/c1-12-10-18(22(4)21-12)20-19(24)17-11-13(2)23(14(17)3)15-6-8-16(25-5)9-7-15/h6-11H,1-5H3,(H,20,24). The first kappa shape index (κ1) is 16.8. The van der Waals surface area contributed by atoms with Gasteiger partial charge in [0.2, 0.25) is 0 Å². The van der Waals surface area contributed by atoms with Gasteiger partial charge < -0.3 is 14.6 Å². The van der Waals surface area contributed by atoms with Gasteiger partial charge in [-0.3, -0.25) is 9.48 Å². The molecule has 6 nitrogen and oxygen atoms in total. The Morgan fingerprint density at radius 2 is 1.80 bits per heavy atom. The van der Waals surface area contributed by atoms with E-state index >= 15 is 0 Å². The van der Waals surface area contributed by atoms with Gasteiger partial charge in [-0.2, -0.15) is 5.10 Å². The van der Waals surface area contributed by atoms with Gasteiger partial charge in [0.25, 0.3) is 5.91 Å². The molecule has 25 heavy (non-hydrogen) atoms. The van der Waals surface area contributed by atoms with Crippen LogP contribution in [0.4, 0.5) is 5.82 Å². The monoisotopic (exact) mass is 338 g/mol. The molecule has 130 valence electrons. The van der Waals surface area contributed by atoms with Crippen molar-refractivity contribution in [3.63, 3.8) is 0 Å². The van der Waals surface area contributed by atoms with Crippen molar-refractivity contribution in [3.05, 3.63) is 59.0 Å². The summed E-state index contributed by atoms with van der Waals surface area (Å²) >= 11 is 0. The van der Waals surface area contributed by atoms with Crippen LogP contribution in [0.25, 0.3) is 5.69 Å². The lowest BCUT2D eigenvalue weighted by Crippen LogP contribution is -2.15. The molecule has 6 heteroatoms. The van der Waals surface area contributed by atoms with E-state index in [0.29, 0.717) is 11.4 Å². The second-order valence-corrected chi connectivity index (χ2v) is 6.07. The van der Waals surface area contributed by atoms with Crippen LogP contribution >= 0.6 is 0 Å². The smallest absolute Gasteiger partial charge is 0.258 e. The van der Waals surface area contributed by atoms with E-state index in [0.717, 1.165) is 28.5 Å². The summed E-state index contributed by atoms with van der Waals surface area (Å²) in [6.07, 6.45) is 0. The number of rotatable bonds is 4. The van der Waals surface area contributed by atoms with Crippen molar-refractivity contribution in [2.45, 2.75) is 20.8 Å². The summed E-state index contributed by atoms with van der Waals surface area (Å²) in [4.78, 5) is 12.7. The quantitative estimate of drug-likeness (QED) is 0.793. The second-order valence-electron chi connectivity index (χ2n) is 6.07. The minimum absolute atomic E-state index is 0.143. The molecule has 2 aromatic heterocycles. The van der Waals surface area contributed by atoms with Crippen LogP contribution in [-0.4, -0.2) is 27.4 Å². The zero-order chi connectivity index (χ0) is 18.1. The third kappa shape index (κ3) is 3.15. The molecule has 3 rings (SSSR count). The maximum atomic E-state index is 12.7. The van der Waals surface area contributed by atoms with E-state index in [1.807, 2.05) is 64.2 Å². The number of carbonyl (C=O) groups excluding carboxylic acids is 1. The maximum absolute atomic E-state index is 12.7. The van der Waals surface area contributed by atoms with Gasteiger partial charge in [0, 0.05) is 30.2 Å². The number of ether oxygens (including phenoxy) is 1. The Bertz CT molecular complexity index is 920. The number of amides is 1. The number of hydrogen-bond acceptors (Lipinski definition) is 3. The first-order chi connectivity index (χ1) is 11.9. The lowest BCUT2D eigenvalue weighted by atomic mass is 10.2. The molecule has 0 radical (unpaired) electrons. The Labute approximate surface area is 147 Å². The Morgan fingerprint density at radius 3 is 2.36 bits per heavy atom. The SMILES string of the molecule is COc1ccc(-n2c(C)cc(C(=O)Nc3cc(C)nn3C)c2C)cc1. The van der Waals surface area contributed by atoms with Gasteiger partial charge in [0.15, 0.2) is 0 Å². The van der Waals surface area contributed by atoms with Gasteiger partial charge in [0.05, 0.1) is 18.4 Å². The third-order valence-corrected chi connectivity index (χ3v) is 4.25. The summed E-state index contributed by atoms with van der Waals surface area (Å²) < 4.78 is 8.93. The number of nitrogens with zero attached hydrogens (tertiary/aromatic N) is 3. The van der Waals surface area contributed by atoms with Crippen LogP contribution in [-0.2, 0) is 7.05 Å². The van der Waals surface area contributed by atoms with Crippen molar-refractivity contribution in [1.29, 1.82) is 0 Å². The van der Waals surface area contributed by atoms with E-state index in [9.17, 15) is 4.79 Å². The van der Waals surface area contributed by atoms with Gasteiger partial charge in [-0.1, -0.05) is 0 Å². The van der Waals surface area contributed by atoms with E-state index < -0.39 is 0 Å². The minimum atomic E-state index is -0.143. The summed E-state index contributed by atoms with van der Waals surface area (Å²) in [5.41, 5.74) is 4.38. The molecule has 0 saturated carbocycles. The average molecular weight is 338 g/mol. The van der Waals surface area contributed by atoms with Gasteiger partial charge in [-0.15, -0.1) is 0 Å². The lowest BCUT2D eigenvalue weighted by molar-refractivity contribution is 0.102. The molecule has 0 aliphatic heterocycles. The van der Waals surface area contributed by atoms with Gasteiger partial charge in [0.1, 0.15) is 11.6 Å². The Hall–Kier alpha value is -3.02. The third-order valence-electron chi connectivity index (χ3n) is 4.25. The normalized spacial score (nSPS) is 10.8. The van der Waals surface area contributed by atoms with Gasteiger partial charge >= 0.3 is 0 Å². The van der Waals surface area contributed by atoms with Crippen molar-refractivity contribution >= 4 is 11.7 Å². The summed E-state index contributed by atoms with van der Waals surface area (Å²) in [5.74, 6) is 1.34. The van der Waals surface area contributed by atoms with E-state index in [2.05, 4.69) is 15.0 Å². The molecule has 1 aromatic carbocycles. The number of carbonyl (C=O) groups is 1. The van der Waals surface area contributed by atoms with E-state index in [1.54, 1.807) is 11.8 Å². The van der Waals surface area contributed by atoms with Crippen LogP contribution in [0.1, 0.15) is 27.4 Å². The zero-order valence-corrected chi connectivity index (χ0v) is 15.1. The molecule has 0 spiro atoms. The largest absolute Gasteiger partial charge is 0.497 e. The molecule has 0 atom stereocenters. The molecule has 0 fully saturated rings. The van der Waals surface area contributed by atoms with Gasteiger partial charge in [-0.25, -0.2) is 0 Å². The van der Waals surface area contributed by atoms with E-state index in [1.165, 1.54) is 0 Å². The number of aromatic nitrogens is 3. The van der Waals surface area contributed by atoms with Gasteiger partial charge in [-0.05, 0) is 51.1 Å². The number of nitrogens with one attached hydrogen (secondary N) is 1. The Kier molecular flexibility index (Phi) is 4.35. The van der Waals surface area contributed by atoms with Crippen LogP contribution in [0, 0.1) is 20.8 Å². The van der Waals surface area contributed by atoms with Crippen LogP contribution in [0.15, 0.2) is 36.4 Å². The summed E-state index contributed by atoms with van der Waals surface area (Å²) in [6, 6.07) is 11.5. The molecule has 1 N–H and O–H groups in total. The number of benzene rings is 1. The molecular formula is C19H22N4O2. The Balaban J connectivity index is 1.93. The van der Waals surface area contributed by atoms with E-state index in [-0.39, 0.29) is 5.91 Å².